The molecule has 0 aliphatic heterocycles. The third-order valence-electron chi connectivity index (χ3n) is 2.85. The van der Waals surface area contributed by atoms with E-state index in [2.05, 4.69) is 5.32 Å². The molecule has 2 rings (SSSR count). The van der Waals surface area contributed by atoms with Crippen molar-refractivity contribution in [2.24, 2.45) is 0 Å². The molecule has 0 aliphatic rings. The van der Waals surface area contributed by atoms with E-state index in [1.165, 1.54) is 0 Å². The highest BCUT2D eigenvalue weighted by Gasteiger charge is 2.17. The van der Waals surface area contributed by atoms with Gasteiger partial charge in [0.2, 0.25) is 5.91 Å². The zero-order chi connectivity index (χ0) is 15.4. The molecule has 1 atom stereocenters. The standard InChI is InChI=1S/C16H15F2NOS/c1-10-4-3-5-13(8-10)19-16(20)11(2)21-15-9-12(17)6-7-14(15)18/h3-9,11H,1-2H3,(H,19,20)/t11-/m1/s1. The number of rotatable bonds is 4. The molecule has 110 valence electrons. The zero-order valence-electron chi connectivity index (χ0n) is 11.7. The van der Waals surface area contributed by atoms with Crippen LogP contribution in [0.5, 0.6) is 0 Å². The second kappa shape index (κ2) is 6.72. The fraction of sp³-hybridized carbons (Fsp3) is 0.188. The van der Waals surface area contributed by atoms with Crippen LogP contribution in [0.3, 0.4) is 0 Å². The van der Waals surface area contributed by atoms with Crippen LogP contribution in [0.25, 0.3) is 0 Å². The number of benzene rings is 2. The highest BCUT2D eigenvalue weighted by molar-refractivity contribution is 8.00. The number of amides is 1. The van der Waals surface area contributed by atoms with Crippen LogP contribution in [0.2, 0.25) is 0 Å². The molecule has 0 radical (unpaired) electrons. The van der Waals surface area contributed by atoms with Gasteiger partial charge in [-0.25, -0.2) is 8.78 Å². The number of hydrogen-bond donors (Lipinski definition) is 1. The zero-order valence-corrected chi connectivity index (χ0v) is 12.5. The molecule has 5 heteroatoms. The molecule has 0 aromatic heterocycles. The first-order valence-electron chi connectivity index (χ1n) is 6.45. The van der Waals surface area contributed by atoms with Crippen LogP contribution in [0.4, 0.5) is 14.5 Å². The number of carbonyl (C=O) groups is 1. The lowest BCUT2D eigenvalue weighted by Gasteiger charge is -2.13. The molecule has 2 nitrogen and oxygen atoms in total. The maximum absolute atomic E-state index is 13.6. The summed E-state index contributed by atoms with van der Waals surface area (Å²) >= 11 is 0.989. The third-order valence-corrected chi connectivity index (χ3v) is 3.99. The fourth-order valence-electron chi connectivity index (χ4n) is 1.78. The van der Waals surface area contributed by atoms with Gasteiger partial charge in [-0.15, -0.1) is 11.8 Å². The molecule has 1 amide bonds. The van der Waals surface area contributed by atoms with E-state index in [4.69, 9.17) is 0 Å². The van der Waals surface area contributed by atoms with Crippen molar-refractivity contribution in [3.8, 4) is 0 Å². The van der Waals surface area contributed by atoms with E-state index < -0.39 is 16.9 Å². The van der Waals surface area contributed by atoms with Gasteiger partial charge in [-0.05, 0) is 49.7 Å². The number of carbonyl (C=O) groups excluding carboxylic acids is 1. The summed E-state index contributed by atoms with van der Waals surface area (Å²) in [6.07, 6.45) is 0. The SMILES string of the molecule is Cc1cccc(NC(=O)[C@@H](C)Sc2cc(F)ccc2F)c1. The summed E-state index contributed by atoms with van der Waals surface area (Å²) in [7, 11) is 0. The molecule has 1 N–H and O–H groups in total. The van der Waals surface area contributed by atoms with Crippen molar-refractivity contribution in [1.29, 1.82) is 0 Å². The first kappa shape index (κ1) is 15.5. The highest BCUT2D eigenvalue weighted by Crippen LogP contribution is 2.27. The van der Waals surface area contributed by atoms with Gasteiger partial charge in [-0.3, -0.25) is 4.79 Å². The largest absolute Gasteiger partial charge is 0.325 e. The Hall–Kier alpha value is -1.88. The van der Waals surface area contributed by atoms with E-state index in [9.17, 15) is 13.6 Å². The van der Waals surface area contributed by atoms with Crippen LogP contribution in [0.15, 0.2) is 47.4 Å². The van der Waals surface area contributed by atoms with Gasteiger partial charge in [-0.2, -0.15) is 0 Å². The summed E-state index contributed by atoms with van der Waals surface area (Å²) in [5.41, 5.74) is 1.72. The number of aryl methyl sites for hydroxylation is 1. The molecule has 0 heterocycles. The quantitative estimate of drug-likeness (QED) is 0.849. The van der Waals surface area contributed by atoms with Gasteiger partial charge in [0, 0.05) is 10.6 Å². The van der Waals surface area contributed by atoms with Crippen LogP contribution in [0.1, 0.15) is 12.5 Å². The van der Waals surface area contributed by atoms with Crippen molar-refractivity contribution >= 4 is 23.4 Å². The molecule has 0 saturated heterocycles. The summed E-state index contributed by atoms with van der Waals surface area (Å²) < 4.78 is 26.7. The first-order chi connectivity index (χ1) is 9.95. The molecule has 0 aliphatic carbocycles. The Morgan fingerprint density at radius 3 is 2.67 bits per heavy atom. The van der Waals surface area contributed by atoms with Crippen molar-refractivity contribution in [2.75, 3.05) is 5.32 Å². The van der Waals surface area contributed by atoms with Crippen molar-refractivity contribution in [2.45, 2.75) is 24.0 Å². The molecule has 2 aromatic rings. The molecule has 2 aromatic carbocycles. The van der Waals surface area contributed by atoms with Crippen LogP contribution < -0.4 is 5.32 Å². The van der Waals surface area contributed by atoms with E-state index in [1.54, 1.807) is 13.0 Å². The number of thioether (sulfide) groups is 1. The van der Waals surface area contributed by atoms with E-state index in [1.807, 2.05) is 25.1 Å². The Labute approximate surface area is 126 Å². The van der Waals surface area contributed by atoms with Crippen molar-refractivity contribution in [1.82, 2.24) is 0 Å². The van der Waals surface area contributed by atoms with Crippen molar-refractivity contribution < 1.29 is 13.6 Å². The normalized spacial score (nSPS) is 12.0. The van der Waals surface area contributed by atoms with E-state index in [0.717, 1.165) is 35.5 Å². The van der Waals surface area contributed by atoms with Crippen LogP contribution in [0, 0.1) is 18.6 Å². The summed E-state index contributed by atoms with van der Waals surface area (Å²) in [6, 6.07) is 10.6. The summed E-state index contributed by atoms with van der Waals surface area (Å²) in [5.74, 6) is -1.31. The number of nitrogens with one attached hydrogen (secondary N) is 1. The minimum atomic E-state index is -0.540. The second-order valence-electron chi connectivity index (χ2n) is 4.69. The second-order valence-corrected chi connectivity index (χ2v) is 6.08. The lowest BCUT2D eigenvalue weighted by atomic mass is 10.2. The maximum Gasteiger partial charge on any atom is 0.237 e. The highest BCUT2D eigenvalue weighted by atomic mass is 32.2. The minimum Gasteiger partial charge on any atom is -0.325 e. The van der Waals surface area contributed by atoms with Crippen LogP contribution in [-0.2, 0) is 4.79 Å². The molecule has 21 heavy (non-hydrogen) atoms. The molecular weight excluding hydrogens is 292 g/mol. The average Bonchev–Trinajstić information content (AvgIpc) is 2.43. The van der Waals surface area contributed by atoms with E-state index in [-0.39, 0.29) is 10.8 Å². The molecule has 0 fully saturated rings. The van der Waals surface area contributed by atoms with Crippen molar-refractivity contribution in [3.05, 3.63) is 59.7 Å². The number of anilines is 1. The van der Waals surface area contributed by atoms with Gasteiger partial charge in [0.15, 0.2) is 0 Å². The first-order valence-corrected chi connectivity index (χ1v) is 7.33. The molecule has 0 unspecified atom stereocenters. The van der Waals surface area contributed by atoms with E-state index >= 15 is 0 Å². The Morgan fingerprint density at radius 1 is 1.19 bits per heavy atom. The molecule has 0 spiro atoms. The van der Waals surface area contributed by atoms with E-state index in [0.29, 0.717) is 5.69 Å². The Morgan fingerprint density at radius 2 is 1.95 bits per heavy atom. The monoisotopic (exact) mass is 307 g/mol. The summed E-state index contributed by atoms with van der Waals surface area (Å²) in [5, 5.41) is 2.22. The fourth-order valence-corrected chi connectivity index (χ4v) is 2.69. The van der Waals surface area contributed by atoms with Crippen LogP contribution >= 0.6 is 11.8 Å². The smallest absolute Gasteiger partial charge is 0.237 e. The lowest BCUT2D eigenvalue weighted by Crippen LogP contribution is -2.22. The topological polar surface area (TPSA) is 29.1 Å². The Balaban J connectivity index is 2.04. The van der Waals surface area contributed by atoms with Gasteiger partial charge < -0.3 is 5.32 Å². The van der Waals surface area contributed by atoms with Gasteiger partial charge in [0.1, 0.15) is 11.6 Å². The predicted molar refractivity (Wildman–Crippen MR) is 81.5 cm³/mol. The van der Waals surface area contributed by atoms with Crippen LogP contribution in [-0.4, -0.2) is 11.2 Å². The summed E-state index contributed by atoms with van der Waals surface area (Å²) in [4.78, 5) is 12.2. The average molecular weight is 307 g/mol. The number of halogens is 2. The summed E-state index contributed by atoms with van der Waals surface area (Å²) in [6.45, 7) is 3.58. The third kappa shape index (κ3) is 4.29. The van der Waals surface area contributed by atoms with Crippen molar-refractivity contribution in [3.63, 3.8) is 0 Å². The molecular formula is C16H15F2NOS. The molecule has 0 saturated carbocycles. The van der Waals surface area contributed by atoms with Gasteiger partial charge >= 0.3 is 0 Å². The minimum absolute atomic E-state index is 0.127. The lowest BCUT2D eigenvalue weighted by molar-refractivity contribution is -0.115. The van der Waals surface area contributed by atoms with Gasteiger partial charge in [0.25, 0.3) is 0 Å². The molecule has 0 bridgehead atoms. The predicted octanol–water partition coefficient (Wildman–Crippen LogP) is 4.39. The van der Waals surface area contributed by atoms with Gasteiger partial charge in [-0.1, -0.05) is 12.1 Å². The Bertz CT molecular complexity index is 660. The van der Waals surface area contributed by atoms with Gasteiger partial charge in [0.05, 0.1) is 5.25 Å². The number of hydrogen-bond acceptors (Lipinski definition) is 2. The Kier molecular flexibility index (Phi) is 4.96. The maximum atomic E-state index is 13.6.